The second-order valence-electron chi connectivity index (χ2n) is 13.2. The Morgan fingerprint density at radius 3 is 1.98 bits per heavy atom. The number of halogens is 3. The summed E-state index contributed by atoms with van der Waals surface area (Å²) >= 11 is 0. The third kappa shape index (κ3) is 11.8. The van der Waals surface area contributed by atoms with Crippen LogP contribution in [0.1, 0.15) is 59.9 Å². The Kier molecular flexibility index (Phi) is 12.2. The van der Waals surface area contributed by atoms with Crippen LogP contribution in [0.5, 0.6) is 5.75 Å². The minimum Gasteiger partial charge on any atom is -0.493 e. The number of carboxylic acid groups (broad SMARTS) is 1. The summed E-state index contributed by atoms with van der Waals surface area (Å²) in [5.74, 6) is -2.01. The first-order valence-electron chi connectivity index (χ1n) is 15.2. The van der Waals surface area contributed by atoms with Gasteiger partial charge in [-0.05, 0) is 84.6 Å². The van der Waals surface area contributed by atoms with E-state index in [1.807, 2.05) is 0 Å². The lowest BCUT2D eigenvalue weighted by Crippen LogP contribution is -2.42. The lowest BCUT2D eigenvalue weighted by atomic mass is 9.98. The number of rotatable bonds is 10. The monoisotopic (exact) mass is 714 g/mol. The molecular weight excluding hydrogens is 673 g/mol. The van der Waals surface area contributed by atoms with Gasteiger partial charge in [0.25, 0.3) is 10.0 Å². The number of hydrogen-bond acceptors (Lipinski definition) is 9. The van der Waals surface area contributed by atoms with Crippen molar-refractivity contribution in [1.82, 2.24) is 9.91 Å². The van der Waals surface area contributed by atoms with E-state index in [9.17, 15) is 41.1 Å². The van der Waals surface area contributed by atoms with Gasteiger partial charge >= 0.3 is 24.3 Å². The molecule has 1 heterocycles. The Bertz CT molecular complexity index is 1590. The predicted octanol–water partition coefficient (Wildman–Crippen LogP) is 6.19. The van der Waals surface area contributed by atoms with Gasteiger partial charge < -0.3 is 24.2 Å². The van der Waals surface area contributed by atoms with Crippen LogP contribution in [0, 0.1) is 5.92 Å². The molecule has 0 saturated carbocycles. The number of sulfonamides is 1. The van der Waals surface area contributed by atoms with Gasteiger partial charge in [-0.2, -0.15) is 13.2 Å². The summed E-state index contributed by atoms with van der Waals surface area (Å²) in [5.41, 5.74) is -3.56. The number of benzene rings is 2. The number of carbonyl (C=O) groups excluding carboxylic acids is 2. The molecule has 0 aliphatic carbocycles. The fraction of sp³-hybridized carbons (Fsp3) is 0.500. The first-order chi connectivity index (χ1) is 22.5. The lowest BCUT2D eigenvalue weighted by Gasteiger charge is -2.31. The highest BCUT2D eigenvalue weighted by Gasteiger charge is 2.35. The molecule has 13 nitrogen and oxygen atoms in total. The van der Waals surface area contributed by atoms with Gasteiger partial charge in [-0.25, -0.2) is 18.0 Å². The van der Waals surface area contributed by atoms with Crippen LogP contribution < -0.4 is 9.04 Å². The largest absolute Gasteiger partial charge is 0.493 e. The zero-order valence-electron chi connectivity index (χ0n) is 28.1. The molecule has 1 N–H and O–H groups in total. The number of likely N-dealkylation sites (tertiary alicyclic amines) is 1. The summed E-state index contributed by atoms with van der Waals surface area (Å²) in [4.78, 5) is 38.4. The number of hydrazone groups is 1. The smallest absolute Gasteiger partial charge is 0.441 e. The maximum Gasteiger partial charge on any atom is 0.441 e. The standard InChI is InChI=1S/C32H41F3N4O9S/c1-30(2,3)47-28(42)39(29(43)48-31(4,5)6)36-21-37-14-12-22(13-15-37)20-46-25-17-23(32(33,34)35)16-24(18-25)38(19-27(40)41)49(44,45)26-10-8-7-9-11-26/h7-11,16-18,21-22H,12-15,19-20H2,1-6H3,(H,40,41)/b36-21+. The fourth-order valence-electron chi connectivity index (χ4n) is 4.48. The molecule has 1 saturated heterocycles. The molecule has 1 aliphatic rings. The highest BCUT2D eigenvalue weighted by Crippen LogP contribution is 2.37. The Labute approximate surface area is 283 Å². The zero-order valence-corrected chi connectivity index (χ0v) is 28.9. The third-order valence-corrected chi connectivity index (χ3v) is 8.50. The number of imide groups is 1. The predicted molar refractivity (Wildman–Crippen MR) is 173 cm³/mol. The molecule has 0 aromatic heterocycles. The maximum absolute atomic E-state index is 13.9. The number of amides is 2. The molecular formula is C32H41F3N4O9S. The molecule has 2 aromatic rings. The average molecular weight is 715 g/mol. The summed E-state index contributed by atoms with van der Waals surface area (Å²) in [7, 11) is -4.56. The number of aliphatic carboxylic acids is 1. The Balaban J connectivity index is 1.75. The van der Waals surface area contributed by atoms with E-state index in [1.165, 1.54) is 36.7 Å². The van der Waals surface area contributed by atoms with E-state index in [0.29, 0.717) is 41.3 Å². The molecule has 2 aromatic carbocycles. The fourth-order valence-corrected chi connectivity index (χ4v) is 5.90. The minimum atomic E-state index is -4.89. The van der Waals surface area contributed by atoms with E-state index in [-0.39, 0.29) is 23.2 Å². The highest BCUT2D eigenvalue weighted by atomic mass is 32.2. The van der Waals surface area contributed by atoms with Crippen LogP contribution >= 0.6 is 0 Å². The number of hydrogen-bond donors (Lipinski definition) is 1. The van der Waals surface area contributed by atoms with Crippen molar-refractivity contribution in [3.05, 3.63) is 54.1 Å². The normalized spacial score (nSPS) is 14.8. The van der Waals surface area contributed by atoms with Crippen LogP contribution in [0.4, 0.5) is 28.4 Å². The third-order valence-electron chi connectivity index (χ3n) is 6.71. The molecule has 0 unspecified atom stereocenters. The van der Waals surface area contributed by atoms with E-state index in [1.54, 1.807) is 46.4 Å². The molecule has 17 heteroatoms. The van der Waals surface area contributed by atoms with Crippen molar-refractivity contribution in [1.29, 1.82) is 0 Å². The second kappa shape index (κ2) is 15.3. The van der Waals surface area contributed by atoms with Crippen LogP contribution in [0.25, 0.3) is 0 Å². The molecule has 0 spiro atoms. The Hall–Kier alpha value is -4.54. The molecule has 1 fully saturated rings. The molecule has 1 aliphatic heterocycles. The molecule has 0 radical (unpaired) electrons. The highest BCUT2D eigenvalue weighted by molar-refractivity contribution is 7.92. The van der Waals surface area contributed by atoms with Crippen molar-refractivity contribution in [3.8, 4) is 5.75 Å². The van der Waals surface area contributed by atoms with Crippen molar-refractivity contribution in [3.63, 3.8) is 0 Å². The van der Waals surface area contributed by atoms with E-state index < -0.39 is 63.4 Å². The summed E-state index contributed by atoms with van der Waals surface area (Å²) in [6, 6.07) is 9.10. The topological polar surface area (TPSA) is 155 Å². The van der Waals surface area contributed by atoms with Crippen LogP contribution in [0.15, 0.2) is 58.5 Å². The van der Waals surface area contributed by atoms with Gasteiger partial charge in [0.2, 0.25) is 0 Å². The van der Waals surface area contributed by atoms with Crippen LogP contribution in [-0.4, -0.2) is 85.4 Å². The van der Waals surface area contributed by atoms with Gasteiger partial charge in [0, 0.05) is 19.2 Å². The van der Waals surface area contributed by atoms with Gasteiger partial charge in [-0.3, -0.25) is 9.10 Å². The number of anilines is 1. The van der Waals surface area contributed by atoms with Gasteiger partial charge in [-0.15, -0.1) is 5.10 Å². The van der Waals surface area contributed by atoms with E-state index in [0.717, 1.165) is 12.1 Å². The van der Waals surface area contributed by atoms with E-state index >= 15 is 0 Å². The van der Waals surface area contributed by atoms with E-state index in [4.69, 9.17) is 14.2 Å². The zero-order chi connectivity index (χ0) is 36.8. The molecule has 0 atom stereocenters. The quantitative estimate of drug-likeness (QED) is 0.171. The summed E-state index contributed by atoms with van der Waals surface area (Å²) in [6.07, 6.45) is -4.67. The van der Waals surface area contributed by atoms with Crippen molar-refractivity contribution in [2.45, 2.75) is 76.7 Å². The minimum absolute atomic E-state index is 0.0297. The second-order valence-corrected chi connectivity index (χ2v) is 15.1. The summed E-state index contributed by atoms with van der Waals surface area (Å²) in [5, 5.41) is 13.9. The van der Waals surface area contributed by atoms with E-state index in [2.05, 4.69) is 5.10 Å². The first-order valence-corrected chi connectivity index (χ1v) is 16.7. The number of ether oxygens (including phenoxy) is 3. The number of piperidine rings is 1. The molecule has 0 bridgehead atoms. The number of nitrogens with zero attached hydrogens (tertiary/aromatic N) is 4. The Morgan fingerprint density at radius 2 is 1.49 bits per heavy atom. The van der Waals surface area contributed by atoms with Crippen molar-refractivity contribution in [2.75, 3.05) is 30.5 Å². The maximum atomic E-state index is 13.9. The van der Waals surface area contributed by atoms with Crippen LogP contribution in [-0.2, 0) is 30.5 Å². The molecule has 49 heavy (non-hydrogen) atoms. The van der Waals surface area contributed by atoms with Crippen molar-refractivity contribution >= 4 is 40.2 Å². The molecule has 270 valence electrons. The molecule has 3 rings (SSSR count). The van der Waals surface area contributed by atoms with Gasteiger partial charge in [0.15, 0.2) is 0 Å². The van der Waals surface area contributed by atoms with Gasteiger partial charge in [0.05, 0.1) is 22.8 Å². The van der Waals surface area contributed by atoms with Crippen molar-refractivity contribution in [2.24, 2.45) is 11.0 Å². The Morgan fingerprint density at radius 1 is 0.939 bits per heavy atom. The van der Waals surface area contributed by atoms with Crippen molar-refractivity contribution < 1.29 is 55.3 Å². The van der Waals surface area contributed by atoms with Gasteiger partial charge in [-0.1, -0.05) is 23.2 Å². The first kappa shape index (κ1) is 38.9. The summed E-state index contributed by atoms with van der Waals surface area (Å²) in [6.45, 7) is 9.42. The summed E-state index contributed by atoms with van der Waals surface area (Å²) < 4.78 is 85.1. The van der Waals surface area contributed by atoms with Gasteiger partial charge in [0.1, 0.15) is 29.8 Å². The number of alkyl halides is 3. The average Bonchev–Trinajstić information content (AvgIpc) is 2.97. The van der Waals surface area contributed by atoms with Crippen LogP contribution in [0.3, 0.4) is 0 Å². The SMILES string of the molecule is CC(C)(C)OC(=O)N(/N=C/N1CCC(COc2cc(N(CC(=O)O)S(=O)(=O)c3ccccc3)cc(C(F)(F)F)c2)CC1)C(=O)OC(C)(C)C. The number of carboxylic acids is 1. The molecule has 2 amide bonds. The lowest BCUT2D eigenvalue weighted by molar-refractivity contribution is -0.137. The number of carbonyl (C=O) groups is 3. The van der Waals surface area contributed by atoms with Crippen LogP contribution in [0.2, 0.25) is 0 Å².